The Bertz CT molecular complexity index is 631. The van der Waals surface area contributed by atoms with Gasteiger partial charge >= 0.3 is 0 Å². The maximum absolute atomic E-state index is 12.0. The molecule has 0 aliphatic carbocycles. The molecule has 0 aliphatic heterocycles. The van der Waals surface area contributed by atoms with Crippen LogP contribution in [0.1, 0.15) is 34.0 Å². The number of aryl methyl sites for hydroxylation is 1. The van der Waals surface area contributed by atoms with Crippen LogP contribution in [-0.2, 0) is 7.05 Å². The Hall–Kier alpha value is -2.15. The van der Waals surface area contributed by atoms with E-state index in [0.717, 1.165) is 0 Å². The SMILES string of the molecule is CC(C)CNC(=O)c1cc(NC(=O)c2cccs2)n(C)n1. The zero-order chi connectivity index (χ0) is 15.4. The first kappa shape index (κ1) is 15.2. The maximum atomic E-state index is 12.0. The number of hydrogen-bond donors (Lipinski definition) is 2. The van der Waals surface area contributed by atoms with E-state index in [1.807, 2.05) is 25.3 Å². The summed E-state index contributed by atoms with van der Waals surface area (Å²) in [6.07, 6.45) is 0. The fourth-order valence-electron chi connectivity index (χ4n) is 1.67. The van der Waals surface area contributed by atoms with E-state index in [9.17, 15) is 9.59 Å². The smallest absolute Gasteiger partial charge is 0.271 e. The summed E-state index contributed by atoms with van der Waals surface area (Å²) >= 11 is 1.36. The van der Waals surface area contributed by atoms with Crippen LogP contribution in [0.5, 0.6) is 0 Å². The molecule has 0 saturated heterocycles. The van der Waals surface area contributed by atoms with Gasteiger partial charge in [0.2, 0.25) is 0 Å². The van der Waals surface area contributed by atoms with Crippen molar-refractivity contribution in [1.82, 2.24) is 15.1 Å². The third-order valence-corrected chi connectivity index (χ3v) is 3.64. The lowest BCUT2D eigenvalue weighted by molar-refractivity contribution is 0.0942. The van der Waals surface area contributed by atoms with E-state index in [0.29, 0.717) is 28.9 Å². The number of thiophene rings is 1. The highest BCUT2D eigenvalue weighted by atomic mass is 32.1. The van der Waals surface area contributed by atoms with Gasteiger partial charge in [0.15, 0.2) is 5.69 Å². The molecule has 0 fully saturated rings. The van der Waals surface area contributed by atoms with E-state index >= 15 is 0 Å². The van der Waals surface area contributed by atoms with Crippen LogP contribution in [0.25, 0.3) is 0 Å². The first-order chi connectivity index (χ1) is 9.97. The predicted octanol–water partition coefficient (Wildman–Crippen LogP) is 2.12. The number of carbonyl (C=O) groups is 2. The fourth-order valence-corrected chi connectivity index (χ4v) is 2.29. The lowest BCUT2D eigenvalue weighted by Crippen LogP contribution is -2.27. The molecule has 0 aliphatic rings. The molecule has 0 atom stereocenters. The Morgan fingerprint density at radius 2 is 2.14 bits per heavy atom. The standard InChI is InChI=1S/C14H18N4O2S/c1-9(2)8-15-13(19)10-7-12(18(3)17-10)16-14(20)11-5-4-6-21-11/h4-7,9H,8H2,1-3H3,(H,15,19)(H,16,20). The van der Waals surface area contributed by atoms with Crippen LogP contribution in [-0.4, -0.2) is 28.1 Å². The molecule has 21 heavy (non-hydrogen) atoms. The Morgan fingerprint density at radius 1 is 1.38 bits per heavy atom. The first-order valence-electron chi connectivity index (χ1n) is 6.64. The van der Waals surface area contributed by atoms with Gasteiger partial charge < -0.3 is 10.6 Å². The number of amides is 2. The van der Waals surface area contributed by atoms with Crippen LogP contribution in [0.4, 0.5) is 5.82 Å². The second-order valence-electron chi connectivity index (χ2n) is 5.07. The van der Waals surface area contributed by atoms with E-state index < -0.39 is 0 Å². The lowest BCUT2D eigenvalue weighted by atomic mass is 10.2. The van der Waals surface area contributed by atoms with Crippen LogP contribution < -0.4 is 10.6 Å². The summed E-state index contributed by atoms with van der Waals surface area (Å²) < 4.78 is 1.48. The quantitative estimate of drug-likeness (QED) is 0.888. The Balaban J connectivity index is 2.05. The summed E-state index contributed by atoms with van der Waals surface area (Å²) in [7, 11) is 1.68. The largest absolute Gasteiger partial charge is 0.350 e. The summed E-state index contributed by atoms with van der Waals surface area (Å²) in [6, 6.07) is 5.13. The maximum Gasteiger partial charge on any atom is 0.271 e. The second-order valence-corrected chi connectivity index (χ2v) is 6.02. The Morgan fingerprint density at radius 3 is 2.76 bits per heavy atom. The molecule has 2 amide bonds. The summed E-state index contributed by atoms with van der Waals surface area (Å²) in [5.74, 6) is 0.414. The normalized spacial score (nSPS) is 10.7. The van der Waals surface area contributed by atoms with Gasteiger partial charge in [0.05, 0.1) is 4.88 Å². The van der Waals surface area contributed by atoms with Crippen molar-refractivity contribution in [2.45, 2.75) is 13.8 Å². The first-order valence-corrected chi connectivity index (χ1v) is 7.52. The molecule has 0 unspecified atom stereocenters. The number of aromatic nitrogens is 2. The number of nitrogens with zero attached hydrogens (tertiary/aromatic N) is 2. The monoisotopic (exact) mass is 306 g/mol. The molecule has 0 saturated carbocycles. The minimum absolute atomic E-state index is 0.206. The fraction of sp³-hybridized carbons (Fsp3) is 0.357. The van der Waals surface area contributed by atoms with E-state index in [-0.39, 0.29) is 11.8 Å². The van der Waals surface area contributed by atoms with Crippen LogP contribution in [0.2, 0.25) is 0 Å². The number of carbonyl (C=O) groups excluding carboxylic acids is 2. The van der Waals surface area contributed by atoms with Crippen LogP contribution in [0.15, 0.2) is 23.6 Å². The third kappa shape index (κ3) is 3.91. The molecular formula is C14H18N4O2S. The average molecular weight is 306 g/mol. The minimum atomic E-state index is -0.240. The number of anilines is 1. The predicted molar refractivity (Wildman–Crippen MR) is 82.7 cm³/mol. The zero-order valence-electron chi connectivity index (χ0n) is 12.2. The Labute approximate surface area is 127 Å². The molecule has 7 heteroatoms. The van der Waals surface area contributed by atoms with Crippen molar-refractivity contribution in [2.75, 3.05) is 11.9 Å². The van der Waals surface area contributed by atoms with Gasteiger partial charge in [-0.15, -0.1) is 11.3 Å². The van der Waals surface area contributed by atoms with Crippen molar-refractivity contribution in [2.24, 2.45) is 13.0 Å². The number of rotatable bonds is 5. The van der Waals surface area contributed by atoms with Gasteiger partial charge in [-0.1, -0.05) is 19.9 Å². The summed E-state index contributed by atoms with van der Waals surface area (Å²) in [5, 5.41) is 11.5. The lowest BCUT2D eigenvalue weighted by Gasteiger charge is -2.04. The van der Waals surface area contributed by atoms with Crippen molar-refractivity contribution >= 4 is 29.0 Å². The van der Waals surface area contributed by atoms with Gasteiger partial charge in [0, 0.05) is 19.7 Å². The van der Waals surface area contributed by atoms with Crippen molar-refractivity contribution in [3.8, 4) is 0 Å². The molecule has 0 radical (unpaired) electrons. The molecule has 0 spiro atoms. The topological polar surface area (TPSA) is 76.0 Å². The molecule has 2 aromatic rings. The minimum Gasteiger partial charge on any atom is -0.350 e. The molecule has 0 aromatic carbocycles. The van der Waals surface area contributed by atoms with Gasteiger partial charge in [-0.3, -0.25) is 14.3 Å². The average Bonchev–Trinajstić information content (AvgIpc) is 3.06. The van der Waals surface area contributed by atoms with Crippen LogP contribution >= 0.6 is 11.3 Å². The van der Waals surface area contributed by atoms with Crippen LogP contribution in [0, 0.1) is 5.92 Å². The molecule has 2 aromatic heterocycles. The van der Waals surface area contributed by atoms with Crippen molar-refractivity contribution < 1.29 is 9.59 Å². The number of hydrogen-bond acceptors (Lipinski definition) is 4. The highest BCUT2D eigenvalue weighted by Gasteiger charge is 2.15. The summed E-state index contributed by atoms with van der Waals surface area (Å²) in [5.41, 5.74) is 0.291. The zero-order valence-corrected chi connectivity index (χ0v) is 13.0. The van der Waals surface area contributed by atoms with Gasteiger partial charge in [-0.05, 0) is 17.4 Å². The van der Waals surface area contributed by atoms with Gasteiger partial charge in [0.25, 0.3) is 11.8 Å². The van der Waals surface area contributed by atoms with E-state index in [2.05, 4.69) is 15.7 Å². The molecular weight excluding hydrogens is 288 g/mol. The number of nitrogens with one attached hydrogen (secondary N) is 2. The van der Waals surface area contributed by atoms with Gasteiger partial charge in [-0.2, -0.15) is 5.10 Å². The summed E-state index contributed by atoms with van der Waals surface area (Å²) in [4.78, 5) is 24.5. The van der Waals surface area contributed by atoms with E-state index in [1.54, 1.807) is 19.2 Å². The van der Waals surface area contributed by atoms with Crippen molar-refractivity contribution in [3.05, 3.63) is 34.2 Å². The summed E-state index contributed by atoms with van der Waals surface area (Å²) in [6.45, 7) is 4.63. The molecule has 0 bridgehead atoms. The molecule has 2 heterocycles. The third-order valence-electron chi connectivity index (χ3n) is 2.77. The van der Waals surface area contributed by atoms with Gasteiger partial charge in [-0.25, -0.2) is 0 Å². The van der Waals surface area contributed by atoms with Gasteiger partial charge in [0.1, 0.15) is 5.82 Å². The van der Waals surface area contributed by atoms with Crippen molar-refractivity contribution in [1.29, 1.82) is 0 Å². The highest BCUT2D eigenvalue weighted by molar-refractivity contribution is 7.12. The Kier molecular flexibility index (Phi) is 4.74. The van der Waals surface area contributed by atoms with E-state index in [1.165, 1.54) is 16.0 Å². The van der Waals surface area contributed by atoms with Crippen LogP contribution in [0.3, 0.4) is 0 Å². The van der Waals surface area contributed by atoms with Crippen molar-refractivity contribution in [3.63, 3.8) is 0 Å². The molecule has 2 N–H and O–H groups in total. The van der Waals surface area contributed by atoms with E-state index in [4.69, 9.17) is 0 Å². The molecule has 112 valence electrons. The highest BCUT2D eigenvalue weighted by Crippen LogP contribution is 2.14. The molecule has 2 rings (SSSR count). The molecule has 6 nitrogen and oxygen atoms in total. The second kappa shape index (κ2) is 6.53.